The Bertz CT molecular complexity index is 1100. The van der Waals surface area contributed by atoms with Gasteiger partial charge in [0.25, 0.3) is 5.91 Å². The first-order chi connectivity index (χ1) is 18.5. The van der Waals surface area contributed by atoms with E-state index in [0.29, 0.717) is 38.4 Å². The minimum Gasteiger partial charge on any atom is -0.496 e. The quantitative estimate of drug-likeness (QED) is 0.384. The summed E-state index contributed by atoms with van der Waals surface area (Å²) in [6, 6.07) is 13.2. The number of nitrogens with two attached hydrogens (primary N) is 1. The number of hydrogen-bond acceptors (Lipinski definition) is 7. The lowest BCUT2D eigenvalue weighted by molar-refractivity contribution is -0.187. The maximum Gasteiger partial charge on any atom is 0.308 e. The first-order valence-electron chi connectivity index (χ1n) is 13.4. The van der Waals surface area contributed by atoms with E-state index in [-0.39, 0.29) is 25.0 Å². The van der Waals surface area contributed by atoms with Crippen molar-refractivity contribution in [2.75, 3.05) is 46.5 Å². The lowest BCUT2D eigenvalue weighted by Crippen LogP contribution is -2.45. The van der Waals surface area contributed by atoms with Gasteiger partial charge in [0.1, 0.15) is 11.5 Å². The van der Waals surface area contributed by atoms with Crippen molar-refractivity contribution in [1.29, 1.82) is 0 Å². The molecule has 9 nitrogen and oxygen atoms in total. The third-order valence-electron chi connectivity index (χ3n) is 7.49. The topological polar surface area (TPSA) is 115 Å². The molecule has 206 valence electrons. The summed E-state index contributed by atoms with van der Waals surface area (Å²) in [7, 11) is 1.61. The molecule has 4 rings (SSSR count). The van der Waals surface area contributed by atoms with Crippen molar-refractivity contribution in [3.8, 4) is 11.5 Å². The molecule has 2 heterocycles. The summed E-state index contributed by atoms with van der Waals surface area (Å²) in [6.45, 7) is 4.22. The van der Waals surface area contributed by atoms with Gasteiger partial charge in [-0.2, -0.15) is 0 Å². The van der Waals surface area contributed by atoms with E-state index < -0.39 is 17.9 Å². The van der Waals surface area contributed by atoms with E-state index >= 15 is 0 Å². The van der Waals surface area contributed by atoms with E-state index in [4.69, 9.17) is 20.0 Å². The molecule has 2 aromatic rings. The number of benzene rings is 2. The number of fused-ring (bicyclic) bond motifs is 1. The molecule has 0 bridgehead atoms. The Morgan fingerprint density at radius 1 is 1.24 bits per heavy atom. The van der Waals surface area contributed by atoms with Gasteiger partial charge in [-0.05, 0) is 41.7 Å². The lowest BCUT2D eigenvalue weighted by atomic mass is 9.82. The number of carbonyl (C=O) groups is 2. The highest BCUT2D eigenvalue weighted by atomic mass is 16.7. The third-order valence-corrected chi connectivity index (χ3v) is 7.49. The molecule has 0 aliphatic carbocycles. The van der Waals surface area contributed by atoms with E-state index in [0.717, 1.165) is 41.7 Å². The molecule has 2 aliphatic rings. The first-order valence-corrected chi connectivity index (χ1v) is 13.4. The smallest absolute Gasteiger partial charge is 0.308 e. The number of likely N-dealkylation sites (tertiary alicyclic amines) is 1. The molecular weight excluding hydrogens is 486 g/mol. The molecule has 0 unspecified atom stereocenters. The summed E-state index contributed by atoms with van der Waals surface area (Å²) < 4.78 is 11.2. The van der Waals surface area contributed by atoms with Gasteiger partial charge >= 0.3 is 5.97 Å². The van der Waals surface area contributed by atoms with Crippen LogP contribution in [0.4, 0.5) is 0 Å². The summed E-state index contributed by atoms with van der Waals surface area (Å²) >= 11 is 0. The molecule has 1 saturated heterocycles. The predicted octanol–water partition coefficient (Wildman–Crippen LogP) is 2.86. The summed E-state index contributed by atoms with van der Waals surface area (Å²) in [6.07, 6.45) is 2.97. The molecule has 0 spiro atoms. The molecule has 1 fully saturated rings. The highest BCUT2D eigenvalue weighted by molar-refractivity contribution is 5.78. The zero-order chi connectivity index (χ0) is 27.1. The number of hydroxylamine groups is 2. The van der Waals surface area contributed by atoms with Crippen LogP contribution in [-0.4, -0.2) is 79.5 Å². The fourth-order valence-corrected chi connectivity index (χ4v) is 5.60. The van der Waals surface area contributed by atoms with Crippen molar-refractivity contribution in [1.82, 2.24) is 9.96 Å². The van der Waals surface area contributed by atoms with Crippen LogP contribution in [0.2, 0.25) is 0 Å². The first kappa shape index (κ1) is 27.9. The van der Waals surface area contributed by atoms with E-state index in [1.165, 1.54) is 5.06 Å². The number of para-hydroxylation sites is 1. The zero-order valence-corrected chi connectivity index (χ0v) is 22.3. The molecular formula is C29H39N3O6. The van der Waals surface area contributed by atoms with E-state index in [2.05, 4.69) is 13.0 Å². The second-order valence-electron chi connectivity index (χ2n) is 9.92. The Morgan fingerprint density at radius 3 is 2.79 bits per heavy atom. The third kappa shape index (κ3) is 6.28. The normalized spacial score (nSPS) is 20.7. The number of rotatable bonds is 13. The number of aliphatic carboxylic acids is 1. The molecule has 3 atom stereocenters. The summed E-state index contributed by atoms with van der Waals surface area (Å²) in [4.78, 5) is 33.9. The van der Waals surface area contributed by atoms with Crippen LogP contribution in [0.15, 0.2) is 42.5 Å². The van der Waals surface area contributed by atoms with Crippen LogP contribution < -0.4 is 15.2 Å². The maximum absolute atomic E-state index is 13.4. The Kier molecular flexibility index (Phi) is 9.60. The Labute approximate surface area is 224 Å². The number of methoxy groups -OCH3 is 1. The van der Waals surface area contributed by atoms with Gasteiger partial charge in [0.2, 0.25) is 0 Å². The van der Waals surface area contributed by atoms with Crippen LogP contribution in [0.5, 0.6) is 11.5 Å². The average molecular weight is 526 g/mol. The Hall–Kier alpha value is -3.14. The van der Waals surface area contributed by atoms with Gasteiger partial charge in [-0.25, -0.2) is 5.06 Å². The summed E-state index contributed by atoms with van der Waals surface area (Å²) in [5.74, 6) is -0.480. The van der Waals surface area contributed by atoms with Crippen molar-refractivity contribution in [3.63, 3.8) is 0 Å². The Morgan fingerprint density at radius 2 is 2.05 bits per heavy atom. The van der Waals surface area contributed by atoms with Gasteiger partial charge < -0.3 is 20.3 Å². The van der Waals surface area contributed by atoms with Crippen LogP contribution in [0, 0.1) is 5.92 Å². The predicted molar refractivity (Wildman–Crippen MR) is 143 cm³/mol. The van der Waals surface area contributed by atoms with Crippen molar-refractivity contribution in [2.24, 2.45) is 11.7 Å². The molecule has 0 saturated carbocycles. The average Bonchev–Trinajstić information content (AvgIpc) is 3.53. The molecule has 38 heavy (non-hydrogen) atoms. The minimum atomic E-state index is -0.871. The number of nitrogens with zero attached hydrogens (tertiary/aromatic N) is 2. The van der Waals surface area contributed by atoms with E-state index in [1.807, 2.05) is 41.3 Å². The molecule has 9 heteroatoms. The van der Waals surface area contributed by atoms with E-state index in [9.17, 15) is 14.7 Å². The molecule has 3 N–H and O–H groups in total. The number of ether oxygens (including phenoxy) is 2. The molecule has 2 aromatic carbocycles. The minimum absolute atomic E-state index is 0.0580. The summed E-state index contributed by atoms with van der Waals surface area (Å²) in [5.41, 5.74) is 8.59. The molecule has 0 aromatic heterocycles. The number of amides is 1. The largest absolute Gasteiger partial charge is 0.496 e. The second-order valence-corrected chi connectivity index (χ2v) is 9.92. The van der Waals surface area contributed by atoms with Crippen LogP contribution in [0.1, 0.15) is 42.4 Å². The van der Waals surface area contributed by atoms with Gasteiger partial charge in [-0.1, -0.05) is 43.7 Å². The fraction of sp³-hybridized carbons (Fsp3) is 0.517. The highest BCUT2D eigenvalue weighted by Gasteiger charge is 2.47. The van der Waals surface area contributed by atoms with Gasteiger partial charge in [0, 0.05) is 38.0 Å². The van der Waals surface area contributed by atoms with Gasteiger partial charge in [-0.3, -0.25) is 19.3 Å². The van der Waals surface area contributed by atoms with Crippen molar-refractivity contribution < 1.29 is 29.0 Å². The maximum atomic E-state index is 13.4. The fourth-order valence-electron chi connectivity index (χ4n) is 5.60. The second kappa shape index (κ2) is 13.1. The monoisotopic (exact) mass is 525 g/mol. The van der Waals surface area contributed by atoms with Gasteiger partial charge in [-0.15, -0.1) is 0 Å². The SMILES string of the molecule is CCCCN(OCCN)C(=O)CN1C[C@H](c2ccc3c(c2)CCO3)[C@@H](C(=O)O)[C@@H]1Cc1ccccc1OC. The molecule has 1 amide bonds. The van der Waals surface area contributed by atoms with Gasteiger partial charge in [0.05, 0.1) is 32.8 Å². The Balaban J connectivity index is 1.66. The number of carbonyl (C=O) groups excluding carboxylic acids is 1. The summed E-state index contributed by atoms with van der Waals surface area (Å²) in [5, 5.41) is 11.9. The lowest BCUT2D eigenvalue weighted by Gasteiger charge is -2.29. The number of carboxylic acid groups (broad SMARTS) is 1. The number of hydrogen-bond donors (Lipinski definition) is 2. The van der Waals surface area contributed by atoms with Crippen LogP contribution in [0.25, 0.3) is 0 Å². The zero-order valence-electron chi connectivity index (χ0n) is 22.3. The van der Waals surface area contributed by atoms with Gasteiger partial charge in [0.15, 0.2) is 0 Å². The number of carboxylic acids is 1. The van der Waals surface area contributed by atoms with Crippen molar-refractivity contribution in [3.05, 3.63) is 59.2 Å². The van der Waals surface area contributed by atoms with Crippen molar-refractivity contribution in [2.45, 2.75) is 44.6 Å². The van der Waals surface area contributed by atoms with Crippen LogP contribution in [-0.2, 0) is 27.3 Å². The van der Waals surface area contributed by atoms with Crippen LogP contribution >= 0.6 is 0 Å². The number of unbranched alkanes of at least 4 members (excludes halogenated alkanes) is 1. The van der Waals surface area contributed by atoms with Crippen molar-refractivity contribution >= 4 is 11.9 Å². The molecule has 0 radical (unpaired) electrons. The standard InChI is InChI=1S/C29H39N3O6/c1-3-4-13-32(38-15-12-30)27(33)19-31-18-23(20-9-10-26-22(16-20)11-14-37-26)28(29(34)35)24(31)17-21-7-5-6-8-25(21)36-2/h5-10,16,23-24,28H,3-4,11-15,17-19,30H2,1-2H3,(H,34,35)/t23-,24+,28-/m1/s1. The molecule has 2 aliphatic heterocycles. The van der Waals surface area contributed by atoms with Crippen LogP contribution in [0.3, 0.4) is 0 Å². The highest BCUT2D eigenvalue weighted by Crippen LogP contribution is 2.41. The van der Waals surface area contributed by atoms with E-state index in [1.54, 1.807) is 7.11 Å².